The number of rotatable bonds is 6. The summed E-state index contributed by atoms with van der Waals surface area (Å²) in [7, 11) is 0. The fourth-order valence-corrected chi connectivity index (χ4v) is 2.37. The van der Waals surface area contributed by atoms with Crippen LogP contribution in [0.15, 0.2) is 42.5 Å². The van der Waals surface area contributed by atoms with Crippen LogP contribution in [0.3, 0.4) is 0 Å². The highest BCUT2D eigenvalue weighted by Crippen LogP contribution is 2.24. The Hall–Kier alpha value is -2.07. The standard InChI is InChI=1S/C18H19ClFNO2/c1-3-13-4-6-14(7-5-13)12(2)21-18(22)11-23-17-9-8-15(20)10-16(17)19/h4-10,12H,3,11H2,1-2H3,(H,21,22). The van der Waals surface area contributed by atoms with Crippen LogP contribution in [-0.2, 0) is 11.2 Å². The van der Waals surface area contributed by atoms with Crippen molar-refractivity contribution in [3.63, 3.8) is 0 Å². The molecule has 0 saturated carbocycles. The molecule has 23 heavy (non-hydrogen) atoms. The molecule has 5 heteroatoms. The van der Waals surface area contributed by atoms with Gasteiger partial charge in [-0.3, -0.25) is 4.79 Å². The molecule has 0 aliphatic heterocycles. The molecule has 0 bridgehead atoms. The third-order valence-corrected chi connectivity index (χ3v) is 3.81. The van der Waals surface area contributed by atoms with Crippen LogP contribution in [0, 0.1) is 5.82 Å². The molecule has 122 valence electrons. The summed E-state index contributed by atoms with van der Waals surface area (Å²) < 4.78 is 18.3. The van der Waals surface area contributed by atoms with Gasteiger partial charge in [-0.05, 0) is 42.7 Å². The summed E-state index contributed by atoms with van der Waals surface area (Å²) >= 11 is 5.85. The molecule has 1 amide bonds. The van der Waals surface area contributed by atoms with Gasteiger partial charge < -0.3 is 10.1 Å². The smallest absolute Gasteiger partial charge is 0.258 e. The fraction of sp³-hybridized carbons (Fsp3) is 0.278. The van der Waals surface area contributed by atoms with E-state index in [1.54, 1.807) is 0 Å². The molecule has 0 radical (unpaired) electrons. The van der Waals surface area contributed by atoms with Gasteiger partial charge in [0.15, 0.2) is 6.61 Å². The quantitative estimate of drug-likeness (QED) is 0.854. The van der Waals surface area contributed by atoms with Crippen molar-refractivity contribution < 1.29 is 13.9 Å². The normalized spacial score (nSPS) is 11.8. The van der Waals surface area contributed by atoms with E-state index < -0.39 is 5.82 Å². The average molecular weight is 336 g/mol. The molecule has 0 heterocycles. The van der Waals surface area contributed by atoms with E-state index in [0.717, 1.165) is 18.1 Å². The average Bonchev–Trinajstić information content (AvgIpc) is 2.54. The Kier molecular flexibility index (Phi) is 5.99. The highest BCUT2D eigenvalue weighted by Gasteiger charge is 2.11. The Morgan fingerprint density at radius 2 is 1.96 bits per heavy atom. The number of carbonyl (C=O) groups is 1. The number of amides is 1. The van der Waals surface area contributed by atoms with Crippen LogP contribution in [0.25, 0.3) is 0 Å². The molecule has 0 saturated heterocycles. The van der Waals surface area contributed by atoms with E-state index in [4.69, 9.17) is 16.3 Å². The predicted molar refractivity (Wildman–Crippen MR) is 89.3 cm³/mol. The van der Waals surface area contributed by atoms with Gasteiger partial charge in [0.25, 0.3) is 5.91 Å². The Morgan fingerprint density at radius 3 is 2.57 bits per heavy atom. The summed E-state index contributed by atoms with van der Waals surface area (Å²) in [6, 6.07) is 11.8. The number of aryl methyl sites for hydroxylation is 1. The van der Waals surface area contributed by atoms with E-state index in [9.17, 15) is 9.18 Å². The molecule has 2 aromatic carbocycles. The SMILES string of the molecule is CCc1ccc(C(C)NC(=O)COc2ccc(F)cc2Cl)cc1. The number of ether oxygens (including phenoxy) is 1. The van der Waals surface area contributed by atoms with Gasteiger partial charge in [0.1, 0.15) is 11.6 Å². The molecule has 2 aromatic rings. The van der Waals surface area contributed by atoms with Crippen LogP contribution >= 0.6 is 11.6 Å². The molecule has 0 aromatic heterocycles. The topological polar surface area (TPSA) is 38.3 Å². The van der Waals surface area contributed by atoms with Crippen molar-refractivity contribution in [2.24, 2.45) is 0 Å². The van der Waals surface area contributed by atoms with Crippen molar-refractivity contribution in [3.8, 4) is 5.75 Å². The maximum absolute atomic E-state index is 12.9. The molecule has 3 nitrogen and oxygen atoms in total. The molecule has 2 rings (SSSR count). The zero-order chi connectivity index (χ0) is 16.8. The van der Waals surface area contributed by atoms with Gasteiger partial charge in [0.05, 0.1) is 11.1 Å². The summed E-state index contributed by atoms with van der Waals surface area (Å²) in [5.74, 6) is -0.434. The van der Waals surface area contributed by atoms with Crippen LogP contribution in [0.5, 0.6) is 5.75 Å². The monoisotopic (exact) mass is 335 g/mol. The van der Waals surface area contributed by atoms with E-state index in [1.165, 1.54) is 17.7 Å². The van der Waals surface area contributed by atoms with E-state index in [2.05, 4.69) is 12.2 Å². The van der Waals surface area contributed by atoms with Crippen molar-refractivity contribution in [1.82, 2.24) is 5.32 Å². The lowest BCUT2D eigenvalue weighted by molar-refractivity contribution is -0.123. The Morgan fingerprint density at radius 1 is 1.26 bits per heavy atom. The first-order chi connectivity index (χ1) is 11.0. The third kappa shape index (κ3) is 4.96. The molecule has 0 fully saturated rings. The van der Waals surface area contributed by atoms with Crippen LogP contribution in [0.4, 0.5) is 4.39 Å². The highest BCUT2D eigenvalue weighted by atomic mass is 35.5. The van der Waals surface area contributed by atoms with Crippen LogP contribution in [-0.4, -0.2) is 12.5 Å². The number of hydrogen-bond acceptors (Lipinski definition) is 2. The second-order valence-electron chi connectivity index (χ2n) is 5.25. The van der Waals surface area contributed by atoms with Gasteiger partial charge in [0.2, 0.25) is 0 Å². The van der Waals surface area contributed by atoms with Gasteiger partial charge >= 0.3 is 0 Å². The van der Waals surface area contributed by atoms with Crippen LogP contribution in [0.2, 0.25) is 5.02 Å². The Labute approximate surface area is 140 Å². The fourth-order valence-electron chi connectivity index (χ4n) is 2.14. The maximum atomic E-state index is 12.9. The molecule has 0 aliphatic rings. The zero-order valence-electron chi connectivity index (χ0n) is 13.1. The molecular weight excluding hydrogens is 317 g/mol. The van der Waals surface area contributed by atoms with Gasteiger partial charge in [0, 0.05) is 0 Å². The Balaban J connectivity index is 1.88. The van der Waals surface area contributed by atoms with E-state index in [1.807, 2.05) is 31.2 Å². The molecular formula is C18H19ClFNO2. The summed E-state index contributed by atoms with van der Waals surface area (Å²) in [5, 5.41) is 2.99. The van der Waals surface area contributed by atoms with E-state index >= 15 is 0 Å². The van der Waals surface area contributed by atoms with Crippen LogP contribution in [0.1, 0.15) is 31.0 Å². The number of carbonyl (C=O) groups excluding carboxylic acids is 1. The Bertz CT molecular complexity index is 673. The zero-order valence-corrected chi connectivity index (χ0v) is 13.9. The first kappa shape index (κ1) is 17.3. The van der Waals surface area contributed by atoms with E-state index in [-0.39, 0.29) is 29.3 Å². The van der Waals surface area contributed by atoms with Gasteiger partial charge in [-0.1, -0.05) is 42.8 Å². The molecule has 0 spiro atoms. The molecule has 1 N–H and O–H groups in total. The third-order valence-electron chi connectivity index (χ3n) is 3.52. The molecule has 0 aliphatic carbocycles. The maximum Gasteiger partial charge on any atom is 0.258 e. The van der Waals surface area contributed by atoms with Gasteiger partial charge in [-0.25, -0.2) is 4.39 Å². The lowest BCUT2D eigenvalue weighted by atomic mass is 10.1. The van der Waals surface area contributed by atoms with Gasteiger partial charge in [-0.2, -0.15) is 0 Å². The van der Waals surface area contributed by atoms with Crippen molar-refractivity contribution in [1.29, 1.82) is 0 Å². The minimum atomic E-state index is -0.448. The van der Waals surface area contributed by atoms with Crippen molar-refractivity contribution in [2.45, 2.75) is 26.3 Å². The van der Waals surface area contributed by atoms with Crippen molar-refractivity contribution in [2.75, 3.05) is 6.61 Å². The molecule has 1 atom stereocenters. The summed E-state index contributed by atoms with van der Waals surface area (Å²) in [6.45, 7) is 3.82. The predicted octanol–water partition coefficient (Wildman–Crippen LogP) is 4.30. The number of nitrogens with one attached hydrogen (secondary N) is 1. The lowest BCUT2D eigenvalue weighted by Crippen LogP contribution is -2.31. The van der Waals surface area contributed by atoms with Crippen molar-refractivity contribution in [3.05, 3.63) is 64.4 Å². The minimum Gasteiger partial charge on any atom is -0.482 e. The summed E-state index contributed by atoms with van der Waals surface area (Å²) in [5.41, 5.74) is 2.27. The first-order valence-electron chi connectivity index (χ1n) is 7.45. The molecule has 1 unspecified atom stereocenters. The summed E-state index contributed by atoms with van der Waals surface area (Å²) in [6.07, 6.45) is 0.979. The second-order valence-corrected chi connectivity index (χ2v) is 5.65. The van der Waals surface area contributed by atoms with Crippen molar-refractivity contribution >= 4 is 17.5 Å². The number of hydrogen-bond donors (Lipinski definition) is 1. The summed E-state index contributed by atoms with van der Waals surface area (Å²) in [4.78, 5) is 11.9. The second kappa shape index (κ2) is 7.97. The number of halogens is 2. The van der Waals surface area contributed by atoms with Crippen LogP contribution < -0.4 is 10.1 Å². The highest BCUT2D eigenvalue weighted by molar-refractivity contribution is 6.32. The number of benzene rings is 2. The van der Waals surface area contributed by atoms with E-state index in [0.29, 0.717) is 0 Å². The van der Waals surface area contributed by atoms with Gasteiger partial charge in [-0.15, -0.1) is 0 Å². The first-order valence-corrected chi connectivity index (χ1v) is 7.83. The minimum absolute atomic E-state index is 0.124. The lowest BCUT2D eigenvalue weighted by Gasteiger charge is -2.15. The largest absolute Gasteiger partial charge is 0.482 e.